The molecule has 0 amide bonds. The van der Waals surface area contributed by atoms with Crippen LogP contribution in [-0.4, -0.2) is 98.9 Å². The van der Waals surface area contributed by atoms with Gasteiger partial charge >= 0.3 is 0 Å². The summed E-state index contributed by atoms with van der Waals surface area (Å²) in [5, 5.41) is 29.3. The minimum atomic E-state index is -1.44. The summed E-state index contributed by atoms with van der Waals surface area (Å²) < 4.78 is 37.6. The van der Waals surface area contributed by atoms with E-state index in [0.717, 1.165) is 0 Å². The fourth-order valence-electron chi connectivity index (χ4n) is 3.35. The van der Waals surface area contributed by atoms with Crippen LogP contribution in [0.15, 0.2) is 0 Å². The number of carbonyl (C=O) groups is 1. The zero-order chi connectivity index (χ0) is 30.9. The molecule has 39 heavy (non-hydrogen) atoms. The first-order chi connectivity index (χ1) is 18.7. The Morgan fingerprint density at radius 2 is 1.41 bits per heavy atom. The summed E-state index contributed by atoms with van der Waals surface area (Å²) >= 11 is 0.698. The van der Waals surface area contributed by atoms with E-state index in [1.807, 2.05) is 41.5 Å². The van der Waals surface area contributed by atoms with Gasteiger partial charge in [-0.3, -0.25) is 4.79 Å². The van der Waals surface area contributed by atoms with E-state index in [1.54, 1.807) is 13.8 Å². The van der Waals surface area contributed by atoms with Gasteiger partial charge in [-0.1, -0.05) is 41.5 Å². The van der Waals surface area contributed by atoms with Gasteiger partial charge < -0.3 is 48.5 Å². The van der Waals surface area contributed by atoms with Crippen molar-refractivity contribution in [1.82, 2.24) is 0 Å². The lowest BCUT2D eigenvalue weighted by Crippen LogP contribution is -2.38. The third-order valence-electron chi connectivity index (χ3n) is 5.32. The number of methoxy groups -OCH3 is 5. The topological polar surface area (TPSA) is 146 Å². The van der Waals surface area contributed by atoms with Crippen LogP contribution in [0.25, 0.3) is 0 Å². The Morgan fingerprint density at radius 3 is 1.79 bits per heavy atom. The molecule has 1 saturated heterocycles. The summed E-state index contributed by atoms with van der Waals surface area (Å²) in [5.41, 5.74) is 0.207. The van der Waals surface area contributed by atoms with Crippen LogP contribution in [0.3, 0.4) is 0 Å². The van der Waals surface area contributed by atoms with Gasteiger partial charge in [0.25, 0.3) is 0 Å². The van der Waals surface area contributed by atoms with Crippen LogP contribution in [0.2, 0.25) is 0 Å². The molecule has 1 aromatic carbocycles. The second-order valence-corrected chi connectivity index (χ2v) is 8.26. The molecule has 1 heterocycles. The predicted octanol–water partition coefficient (Wildman–Crippen LogP) is 3.68. The summed E-state index contributed by atoms with van der Waals surface area (Å²) in [7, 11) is 6.95. The molecule has 1 fully saturated rings. The molecule has 6 unspecified atom stereocenters. The van der Waals surface area contributed by atoms with Gasteiger partial charge in [-0.05, 0) is 36.7 Å². The minimum Gasteiger partial charge on any atom is -0.492 e. The monoisotopic (exact) mass is 582 g/mol. The first-order valence-corrected chi connectivity index (χ1v) is 13.9. The second kappa shape index (κ2) is 21.2. The Labute approximate surface area is 238 Å². The summed E-state index contributed by atoms with van der Waals surface area (Å²) in [6.07, 6.45) is -4.56. The number of ether oxygens (including phenoxy) is 7. The number of hydrogen-bond acceptors (Lipinski definition) is 12. The smallest absolute Gasteiger partial charge is 0.226 e. The van der Waals surface area contributed by atoms with Crippen molar-refractivity contribution in [1.29, 1.82) is 0 Å². The zero-order valence-corrected chi connectivity index (χ0v) is 26.5. The van der Waals surface area contributed by atoms with E-state index in [4.69, 9.17) is 33.2 Å². The highest BCUT2D eigenvalue weighted by Gasteiger charge is 2.50. The van der Waals surface area contributed by atoms with Crippen molar-refractivity contribution in [3.63, 3.8) is 0 Å². The van der Waals surface area contributed by atoms with Gasteiger partial charge in [-0.2, -0.15) is 0 Å². The maximum Gasteiger partial charge on any atom is 0.226 e. The molecule has 0 saturated carbocycles. The lowest BCUT2D eigenvalue weighted by molar-refractivity contribution is -0.127. The Balaban J connectivity index is 0. The minimum absolute atomic E-state index is 0.0834. The maximum atomic E-state index is 13.1. The van der Waals surface area contributed by atoms with E-state index in [2.05, 4.69) is 0 Å². The molecule has 230 valence electrons. The van der Waals surface area contributed by atoms with Gasteiger partial charge in [0, 0.05) is 21.3 Å². The number of aliphatic hydroxyl groups excluding tert-OH is 3. The van der Waals surface area contributed by atoms with E-state index in [-0.39, 0.29) is 22.8 Å². The fraction of sp³-hybridized carbons (Fsp3) is 0.741. The largest absolute Gasteiger partial charge is 0.492 e. The molecule has 6 atom stereocenters. The number of epoxide rings is 1. The second-order valence-electron chi connectivity index (χ2n) is 7.19. The number of aliphatic hydroxyl groups is 3. The molecule has 12 heteroatoms. The average Bonchev–Trinajstić information content (AvgIpc) is 3.76. The highest BCUT2D eigenvalue weighted by atomic mass is 32.2. The molecule has 1 aliphatic rings. The van der Waals surface area contributed by atoms with E-state index in [1.165, 1.54) is 35.5 Å². The number of hydrogen-bond donors (Lipinski definition) is 3. The number of thioether (sulfide) groups is 1. The normalized spacial score (nSPS) is 18.4. The zero-order valence-electron chi connectivity index (χ0n) is 25.7. The third kappa shape index (κ3) is 10.4. The van der Waals surface area contributed by atoms with Crippen molar-refractivity contribution >= 4 is 16.9 Å². The van der Waals surface area contributed by atoms with Crippen molar-refractivity contribution < 1.29 is 53.3 Å². The van der Waals surface area contributed by atoms with Crippen LogP contribution in [0, 0.1) is 13.8 Å². The van der Waals surface area contributed by atoms with E-state index >= 15 is 0 Å². The van der Waals surface area contributed by atoms with Crippen LogP contribution in [0.4, 0.5) is 0 Å². The van der Waals surface area contributed by atoms with E-state index in [9.17, 15) is 20.1 Å². The van der Waals surface area contributed by atoms with Crippen LogP contribution in [0.5, 0.6) is 17.2 Å². The van der Waals surface area contributed by atoms with Crippen LogP contribution in [0.1, 0.15) is 63.0 Å². The molecule has 11 nitrogen and oxygen atoms in total. The molecule has 0 spiro atoms. The molecule has 0 aliphatic carbocycles. The summed E-state index contributed by atoms with van der Waals surface area (Å²) in [6.45, 7) is 14.8. The summed E-state index contributed by atoms with van der Waals surface area (Å²) in [4.78, 5) is 13.1. The summed E-state index contributed by atoms with van der Waals surface area (Å²) in [5.74, 6) is 0.339. The van der Waals surface area contributed by atoms with Gasteiger partial charge in [0.1, 0.15) is 17.6 Å². The Morgan fingerprint density at radius 1 is 0.872 bits per heavy atom. The van der Waals surface area contributed by atoms with Gasteiger partial charge in [0.15, 0.2) is 23.9 Å². The van der Waals surface area contributed by atoms with E-state index in [0.29, 0.717) is 22.9 Å². The molecule has 0 aromatic heterocycles. The van der Waals surface area contributed by atoms with Crippen molar-refractivity contribution in [2.24, 2.45) is 0 Å². The third-order valence-corrected chi connectivity index (χ3v) is 6.47. The molecule has 0 bridgehead atoms. The molecule has 2 rings (SSSR count). The van der Waals surface area contributed by atoms with Crippen molar-refractivity contribution in [3.8, 4) is 17.2 Å². The summed E-state index contributed by atoms with van der Waals surface area (Å²) in [6, 6.07) is 0. The highest BCUT2D eigenvalue weighted by Crippen LogP contribution is 2.47. The molecular formula is C27H50O11S. The van der Waals surface area contributed by atoms with Crippen molar-refractivity contribution in [3.05, 3.63) is 16.7 Å². The Hall–Kier alpha value is -1.64. The highest BCUT2D eigenvalue weighted by molar-refractivity contribution is 8.14. The molecule has 0 radical (unpaired) electrons. The maximum absolute atomic E-state index is 13.1. The van der Waals surface area contributed by atoms with Crippen LogP contribution in [-0.2, 0) is 18.9 Å². The van der Waals surface area contributed by atoms with Gasteiger partial charge in [0.2, 0.25) is 17.2 Å². The molecular weight excluding hydrogens is 532 g/mol. The molecule has 1 aliphatic heterocycles. The fourth-order valence-corrected chi connectivity index (χ4v) is 4.26. The van der Waals surface area contributed by atoms with Crippen molar-refractivity contribution in [2.75, 3.05) is 42.2 Å². The SMILES string of the molecule is CC.CC.CC.COc1c(OC(O)C(OC)C2OC2OC)c(C)c(C)c(C(=O)SC(OC)C(O)CO)c1OC. The van der Waals surface area contributed by atoms with Crippen molar-refractivity contribution in [2.45, 2.75) is 91.7 Å². The quantitative estimate of drug-likeness (QED) is 0.230. The Kier molecular flexibility index (Phi) is 21.4. The first kappa shape index (κ1) is 39.5. The first-order valence-electron chi connectivity index (χ1n) is 13.0. The number of carbonyl (C=O) groups excluding carboxylic acids is 1. The van der Waals surface area contributed by atoms with Gasteiger partial charge in [0.05, 0.1) is 26.4 Å². The van der Waals surface area contributed by atoms with Crippen LogP contribution < -0.4 is 14.2 Å². The Bertz CT molecular complexity index is 822. The van der Waals surface area contributed by atoms with Gasteiger partial charge in [-0.15, -0.1) is 0 Å². The van der Waals surface area contributed by atoms with Crippen LogP contribution >= 0.6 is 11.8 Å². The standard InChI is InChI=1S/C21H32O11S.3C2H6/c1-9-10(2)13(31-18(24)16(28-5)17-20(29-6)32-17)15(27-4)14(26-3)12(9)19(25)33-21(30-7)11(23)8-22;3*1-2/h11,16-18,20-24H,8H2,1-7H3;3*1-2H3. The molecule has 3 N–H and O–H groups in total. The average molecular weight is 583 g/mol. The van der Waals surface area contributed by atoms with Gasteiger partial charge in [-0.25, -0.2) is 0 Å². The van der Waals surface area contributed by atoms with E-state index < -0.39 is 48.1 Å². The number of rotatable bonds is 13. The number of benzene rings is 1. The lowest BCUT2D eigenvalue weighted by Gasteiger charge is -2.26. The lowest BCUT2D eigenvalue weighted by atomic mass is 10.0. The molecule has 1 aromatic rings. The predicted molar refractivity (Wildman–Crippen MR) is 152 cm³/mol.